The first kappa shape index (κ1) is 20.3. The predicted molar refractivity (Wildman–Crippen MR) is 106 cm³/mol. The number of aryl methyl sites for hydroxylation is 1. The zero-order valence-electron chi connectivity index (χ0n) is 14.9. The van der Waals surface area contributed by atoms with E-state index in [4.69, 9.17) is 11.6 Å². The first-order valence-electron chi connectivity index (χ1n) is 8.32. The van der Waals surface area contributed by atoms with Crippen LogP contribution in [0.1, 0.15) is 18.9 Å². The van der Waals surface area contributed by atoms with Gasteiger partial charge in [0.05, 0.1) is 11.9 Å². The lowest BCUT2D eigenvalue weighted by Gasteiger charge is -2.23. The van der Waals surface area contributed by atoms with E-state index in [9.17, 15) is 13.2 Å². The van der Waals surface area contributed by atoms with Crippen molar-refractivity contribution in [3.63, 3.8) is 0 Å². The first-order valence-corrected chi connectivity index (χ1v) is 10.5. The van der Waals surface area contributed by atoms with E-state index in [0.717, 1.165) is 23.4 Å². The Morgan fingerprint density at radius 2 is 1.85 bits per heavy atom. The van der Waals surface area contributed by atoms with Crippen molar-refractivity contribution < 1.29 is 13.2 Å². The summed E-state index contributed by atoms with van der Waals surface area (Å²) in [5.41, 5.74) is 1.57. The van der Waals surface area contributed by atoms with E-state index in [1.807, 2.05) is 37.3 Å². The number of carbonyl (C=O) groups is 1. The van der Waals surface area contributed by atoms with Crippen LogP contribution in [0.3, 0.4) is 0 Å². The van der Waals surface area contributed by atoms with E-state index < -0.39 is 10.0 Å². The molecule has 0 radical (unpaired) electrons. The lowest BCUT2D eigenvalue weighted by molar-refractivity contribution is -0.120. The van der Waals surface area contributed by atoms with E-state index in [1.54, 1.807) is 18.2 Å². The van der Waals surface area contributed by atoms with Crippen molar-refractivity contribution in [2.45, 2.75) is 25.8 Å². The molecule has 1 N–H and O–H groups in total. The largest absolute Gasteiger partial charge is 0.352 e. The van der Waals surface area contributed by atoms with Crippen LogP contribution in [-0.2, 0) is 21.2 Å². The van der Waals surface area contributed by atoms with Gasteiger partial charge in [-0.1, -0.05) is 48.0 Å². The number of hydrogen-bond donors (Lipinski definition) is 1. The van der Waals surface area contributed by atoms with Crippen LogP contribution in [0.4, 0.5) is 5.69 Å². The maximum atomic E-state index is 12.3. The van der Waals surface area contributed by atoms with Gasteiger partial charge < -0.3 is 5.32 Å². The van der Waals surface area contributed by atoms with Gasteiger partial charge in [-0.15, -0.1) is 0 Å². The molecule has 0 spiro atoms. The van der Waals surface area contributed by atoms with Crippen molar-refractivity contribution in [1.82, 2.24) is 5.32 Å². The Labute approximate surface area is 160 Å². The summed E-state index contributed by atoms with van der Waals surface area (Å²) >= 11 is 5.94. The second-order valence-electron chi connectivity index (χ2n) is 6.24. The number of halogens is 1. The second kappa shape index (κ2) is 9.05. The van der Waals surface area contributed by atoms with Gasteiger partial charge in [-0.05, 0) is 43.5 Å². The van der Waals surface area contributed by atoms with Gasteiger partial charge in [0.1, 0.15) is 6.54 Å². The Kier molecular flexibility index (Phi) is 7.06. The molecule has 0 aromatic heterocycles. The SMILES string of the molecule is C[C@@H](CCc1ccccc1)NC(=O)CN(c1cccc(Cl)c1)S(C)(=O)=O. The molecule has 2 aromatic rings. The molecule has 0 unspecified atom stereocenters. The number of hydrogen-bond acceptors (Lipinski definition) is 3. The zero-order chi connectivity index (χ0) is 19.2. The third-order valence-electron chi connectivity index (χ3n) is 3.90. The number of rotatable bonds is 8. The Morgan fingerprint density at radius 1 is 1.15 bits per heavy atom. The van der Waals surface area contributed by atoms with Gasteiger partial charge in [-0.3, -0.25) is 9.10 Å². The minimum absolute atomic E-state index is 0.0662. The van der Waals surface area contributed by atoms with Gasteiger partial charge in [0, 0.05) is 11.1 Å². The third kappa shape index (κ3) is 6.35. The third-order valence-corrected chi connectivity index (χ3v) is 5.28. The predicted octanol–water partition coefficient (Wildman–Crippen LogP) is 3.24. The summed E-state index contributed by atoms with van der Waals surface area (Å²) in [6.45, 7) is 1.62. The number of carbonyl (C=O) groups excluding carboxylic acids is 1. The van der Waals surface area contributed by atoms with Crippen LogP contribution in [0.15, 0.2) is 54.6 Å². The standard InChI is InChI=1S/C19H23ClN2O3S/c1-15(11-12-16-7-4-3-5-8-16)21-19(23)14-22(26(2,24)25)18-10-6-9-17(20)13-18/h3-10,13,15H,11-12,14H2,1-2H3,(H,21,23)/t15-/m0/s1. The smallest absolute Gasteiger partial charge is 0.240 e. The highest BCUT2D eigenvalue weighted by molar-refractivity contribution is 7.92. The lowest BCUT2D eigenvalue weighted by atomic mass is 10.1. The molecule has 7 heteroatoms. The Morgan fingerprint density at radius 3 is 2.46 bits per heavy atom. The summed E-state index contributed by atoms with van der Waals surface area (Å²) in [4.78, 5) is 12.3. The second-order valence-corrected chi connectivity index (χ2v) is 8.59. The Balaban J connectivity index is 1.96. The number of anilines is 1. The topological polar surface area (TPSA) is 66.5 Å². The van der Waals surface area contributed by atoms with Crippen LogP contribution >= 0.6 is 11.6 Å². The zero-order valence-corrected chi connectivity index (χ0v) is 16.4. The molecule has 0 saturated carbocycles. The van der Waals surface area contributed by atoms with E-state index in [-0.39, 0.29) is 18.5 Å². The number of sulfonamides is 1. The summed E-state index contributed by atoms with van der Waals surface area (Å²) in [5.74, 6) is -0.351. The van der Waals surface area contributed by atoms with E-state index in [1.165, 1.54) is 11.6 Å². The van der Waals surface area contributed by atoms with Crippen LogP contribution in [-0.4, -0.2) is 33.2 Å². The highest BCUT2D eigenvalue weighted by atomic mass is 35.5. The Hall–Kier alpha value is -2.05. The molecular weight excluding hydrogens is 372 g/mol. The van der Waals surface area contributed by atoms with Crippen LogP contribution in [0.25, 0.3) is 0 Å². The molecule has 140 valence electrons. The molecule has 0 aliphatic heterocycles. The van der Waals surface area contributed by atoms with Gasteiger partial charge in [0.15, 0.2) is 0 Å². The minimum Gasteiger partial charge on any atom is -0.352 e. The average Bonchev–Trinajstić information content (AvgIpc) is 2.58. The average molecular weight is 395 g/mol. The number of amides is 1. The quantitative estimate of drug-likeness (QED) is 0.747. The molecular formula is C19H23ClN2O3S. The number of nitrogens with zero attached hydrogens (tertiary/aromatic N) is 1. The molecule has 1 amide bonds. The highest BCUT2D eigenvalue weighted by Gasteiger charge is 2.21. The van der Waals surface area contributed by atoms with Crippen molar-refractivity contribution >= 4 is 33.2 Å². The van der Waals surface area contributed by atoms with Crippen molar-refractivity contribution in [3.8, 4) is 0 Å². The number of nitrogens with one attached hydrogen (secondary N) is 1. The normalized spacial score (nSPS) is 12.4. The maximum Gasteiger partial charge on any atom is 0.240 e. The van der Waals surface area contributed by atoms with E-state index in [0.29, 0.717) is 10.7 Å². The first-order chi connectivity index (χ1) is 12.3. The molecule has 0 bridgehead atoms. The van der Waals surface area contributed by atoms with Gasteiger partial charge in [-0.25, -0.2) is 8.42 Å². The fourth-order valence-electron chi connectivity index (χ4n) is 2.58. The van der Waals surface area contributed by atoms with Crippen LogP contribution in [0.2, 0.25) is 5.02 Å². The fraction of sp³-hybridized carbons (Fsp3) is 0.316. The maximum absolute atomic E-state index is 12.3. The number of benzene rings is 2. The molecule has 0 fully saturated rings. The van der Waals surface area contributed by atoms with Crippen molar-refractivity contribution in [1.29, 1.82) is 0 Å². The summed E-state index contributed by atoms with van der Waals surface area (Å²) in [6.07, 6.45) is 2.68. The summed E-state index contributed by atoms with van der Waals surface area (Å²) in [5, 5.41) is 3.27. The van der Waals surface area contributed by atoms with Crippen molar-refractivity contribution in [3.05, 3.63) is 65.2 Å². The van der Waals surface area contributed by atoms with E-state index >= 15 is 0 Å². The van der Waals surface area contributed by atoms with Crippen molar-refractivity contribution in [2.75, 3.05) is 17.1 Å². The molecule has 5 nitrogen and oxygen atoms in total. The lowest BCUT2D eigenvalue weighted by Crippen LogP contribution is -2.43. The monoisotopic (exact) mass is 394 g/mol. The minimum atomic E-state index is -3.61. The molecule has 0 aliphatic carbocycles. The van der Waals surface area contributed by atoms with Gasteiger partial charge in [-0.2, -0.15) is 0 Å². The molecule has 26 heavy (non-hydrogen) atoms. The summed E-state index contributed by atoms with van der Waals surface area (Å²) < 4.78 is 25.2. The molecule has 0 heterocycles. The highest BCUT2D eigenvalue weighted by Crippen LogP contribution is 2.21. The molecule has 2 aromatic carbocycles. The van der Waals surface area contributed by atoms with Crippen LogP contribution in [0, 0.1) is 0 Å². The van der Waals surface area contributed by atoms with Crippen LogP contribution < -0.4 is 9.62 Å². The van der Waals surface area contributed by atoms with Gasteiger partial charge in [0.2, 0.25) is 15.9 Å². The van der Waals surface area contributed by atoms with Gasteiger partial charge in [0.25, 0.3) is 0 Å². The van der Waals surface area contributed by atoms with Crippen molar-refractivity contribution in [2.24, 2.45) is 0 Å². The molecule has 1 atom stereocenters. The molecule has 0 aliphatic rings. The molecule has 0 saturated heterocycles. The fourth-order valence-corrected chi connectivity index (χ4v) is 3.61. The van der Waals surface area contributed by atoms with E-state index in [2.05, 4.69) is 5.32 Å². The Bertz CT molecular complexity index is 841. The summed E-state index contributed by atoms with van der Waals surface area (Å²) in [6, 6.07) is 16.4. The van der Waals surface area contributed by atoms with Gasteiger partial charge >= 0.3 is 0 Å². The molecule has 2 rings (SSSR count). The van der Waals surface area contributed by atoms with Crippen LogP contribution in [0.5, 0.6) is 0 Å². The summed E-state index contributed by atoms with van der Waals surface area (Å²) in [7, 11) is -3.61.